The summed E-state index contributed by atoms with van der Waals surface area (Å²) in [6, 6.07) is 19.1. The van der Waals surface area contributed by atoms with Crippen LogP contribution in [0.25, 0.3) is 44.6 Å². The van der Waals surface area contributed by atoms with Gasteiger partial charge in [-0.2, -0.15) is 23.7 Å². The fourth-order valence-corrected chi connectivity index (χ4v) is 5.29. The van der Waals surface area contributed by atoms with E-state index in [1.807, 2.05) is 46.5 Å². The number of nitriles is 2. The Kier molecular flexibility index (Phi) is 7.86. The lowest BCUT2D eigenvalue weighted by Gasteiger charge is -2.15. The molecule has 4 heterocycles. The average Bonchev–Trinajstić information content (AvgIpc) is 3.58. The summed E-state index contributed by atoms with van der Waals surface area (Å²) in [7, 11) is 5.32. The van der Waals surface area contributed by atoms with Gasteiger partial charge < -0.3 is 19.2 Å². The van der Waals surface area contributed by atoms with Crippen LogP contribution in [0.3, 0.4) is 0 Å². The second-order valence-corrected chi connectivity index (χ2v) is 10.7. The zero-order valence-corrected chi connectivity index (χ0v) is 25.0. The number of likely N-dealkylation sites (N-methyl/N-ethyl adjacent to an activating group) is 1. The predicted octanol–water partition coefficient (Wildman–Crippen LogP) is 5.54. The van der Waals surface area contributed by atoms with Crippen LogP contribution in [0.5, 0.6) is 5.75 Å². The third kappa shape index (κ3) is 5.60. The Morgan fingerprint density at radius 2 is 1.57 bits per heavy atom. The van der Waals surface area contributed by atoms with Crippen LogP contribution in [0, 0.1) is 22.7 Å². The lowest BCUT2D eigenvalue weighted by Crippen LogP contribution is -2.17. The van der Waals surface area contributed by atoms with E-state index < -0.39 is 11.7 Å². The number of hydrogen-bond acceptors (Lipinski definition) is 8. The fourth-order valence-electron chi connectivity index (χ4n) is 5.29. The van der Waals surface area contributed by atoms with Crippen molar-refractivity contribution in [3.63, 3.8) is 0 Å². The van der Waals surface area contributed by atoms with Gasteiger partial charge in [-0.25, -0.2) is 19.9 Å². The largest absolute Gasteiger partial charge is 0.492 e. The van der Waals surface area contributed by atoms with E-state index in [-0.39, 0.29) is 35.0 Å². The van der Waals surface area contributed by atoms with Gasteiger partial charge in [-0.3, -0.25) is 0 Å². The normalized spacial score (nSPS) is 11.6. The fraction of sp³-hybridized carbons (Fsp3) is 0.212. The van der Waals surface area contributed by atoms with Gasteiger partial charge in [0.1, 0.15) is 41.4 Å². The van der Waals surface area contributed by atoms with Crippen molar-refractivity contribution in [3.8, 4) is 40.4 Å². The Hall–Kier alpha value is -5.79. The first kappa shape index (κ1) is 30.2. The number of aryl methyl sites for hydroxylation is 2. The van der Waals surface area contributed by atoms with Crippen molar-refractivity contribution < 1.29 is 17.9 Å². The first-order valence-corrected chi connectivity index (χ1v) is 14.2. The molecule has 0 spiro atoms. The maximum absolute atomic E-state index is 14.0. The van der Waals surface area contributed by atoms with Crippen molar-refractivity contribution in [1.82, 2.24) is 34.4 Å². The van der Waals surface area contributed by atoms with E-state index in [1.54, 1.807) is 26.5 Å². The number of nitrogens with zero attached hydrogens (tertiary/aromatic N) is 8. The number of benzene rings is 2. The number of nitrogens with one attached hydrogen (secondary N) is 1. The summed E-state index contributed by atoms with van der Waals surface area (Å²) in [5.74, 6) is 0.344. The highest BCUT2D eigenvalue weighted by atomic mass is 19.4. The van der Waals surface area contributed by atoms with Crippen molar-refractivity contribution in [2.24, 2.45) is 14.1 Å². The molecule has 0 radical (unpaired) electrons. The molecule has 0 atom stereocenters. The van der Waals surface area contributed by atoms with Crippen LogP contribution in [0.2, 0.25) is 0 Å². The smallest absolute Gasteiger partial charge is 0.419 e. The molecule has 0 amide bonds. The third-order valence-electron chi connectivity index (χ3n) is 7.66. The number of ether oxygens (including phenoxy) is 1. The van der Waals surface area contributed by atoms with Crippen LogP contribution < -0.4 is 10.1 Å². The molecule has 0 aliphatic rings. The van der Waals surface area contributed by atoms with E-state index in [0.717, 1.165) is 22.7 Å². The Labute approximate surface area is 261 Å². The Morgan fingerprint density at radius 1 is 0.870 bits per heavy atom. The summed E-state index contributed by atoms with van der Waals surface area (Å²) in [5, 5.41) is 22.4. The van der Waals surface area contributed by atoms with Crippen molar-refractivity contribution in [1.29, 1.82) is 10.5 Å². The quantitative estimate of drug-likeness (QED) is 0.220. The molecule has 0 bridgehead atoms. The number of hydrogen-bond donors (Lipinski definition) is 1. The molecular weight excluding hydrogens is 595 g/mol. The average molecular weight is 622 g/mol. The maximum atomic E-state index is 14.0. The van der Waals surface area contributed by atoms with E-state index >= 15 is 0 Å². The molecule has 0 saturated heterocycles. The molecule has 6 aromatic rings. The second kappa shape index (κ2) is 12.0. The molecule has 0 saturated carbocycles. The summed E-state index contributed by atoms with van der Waals surface area (Å²) >= 11 is 0. The molecule has 1 N–H and O–H groups in total. The van der Waals surface area contributed by atoms with Crippen molar-refractivity contribution in [2.45, 2.75) is 12.6 Å². The van der Waals surface area contributed by atoms with E-state index in [1.165, 1.54) is 12.1 Å². The summed E-state index contributed by atoms with van der Waals surface area (Å²) in [6.45, 7) is 0.454. The number of pyridine rings is 2. The van der Waals surface area contributed by atoms with Crippen LogP contribution in [0.1, 0.15) is 28.3 Å². The topological polar surface area (TPSA) is 130 Å². The van der Waals surface area contributed by atoms with Crippen LogP contribution in [-0.2, 0) is 26.7 Å². The standard InChI is InChI=1S/C33H26F3N9O/c1-39-9-10-46-29-8-7-21(13-22(29)33(34,35)36)24-15-28-32(26(17-38)42-24)43-30(45(28)3)12-19-5-4-6-20(11-19)23-14-27-31(25(16-37)41-23)40-18-44(27)2/h4-8,11,13-15,18,39H,9-10,12H2,1-3H3. The van der Waals surface area contributed by atoms with Crippen LogP contribution in [0.4, 0.5) is 13.2 Å². The molecule has 2 aromatic carbocycles. The molecule has 13 heteroatoms. The number of imidazole rings is 2. The van der Waals surface area contributed by atoms with Gasteiger partial charge in [-0.1, -0.05) is 18.2 Å². The molecule has 0 aliphatic heterocycles. The lowest BCUT2D eigenvalue weighted by atomic mass is 10.0. The molecule has 0 aliphatic carbocycles. The van der Waals surface area contributed by atoms with Gasteiger partial charge in [0.2, 0.25) is 0 Å². The molecule has 0 fully saturated rings. The zero-order valence-electron chi connectivity index (χ0n) is 25.0. The predicted molar refractivity (Wildman–Crippen MR) is 165 cm³/mol. The molecule has 4 aromatic heterocycles. The van der Waals surface area contributed by atoms with Gasteiger partial charge in [0.05, 0.1) is 34.3 Å². The second-order valence-electron chi connectivity index (χ2n) is 10.7. The number of alkyl halides is 3. The molecule has 6 rings (SSSR count). The molecule has 46 heavy (non-hydrogen) atoms. The number of rotatable bonds is 8. The van der Waals surface area contributed by atoms with Crippen LogP contribution in [0.15, 0.2) is 60.9 Å². The van der Waals surface area contributed by atoms with Crippen molar-refractivity contribution >= 4 is 22.1 Å². The highest BCUT2D eigenvalue weighted by Gasteiger charge is 2.35. The number of halogens is 3. The highest BCUT2D eigenvalue weighted by molar-refractivity contribution is 5.86. The van der Waals surface area contributed by atoms with Crippen molar-refractivity contribution in [3.05, 3.63) is 89.3 Å². The number of aromatic nitrogens is 6. The Morgan fingerprint density at radius 3 is 2.26 bits per heavy atom. The summed E-state index contributed by atoms with van der Waals surface area (Å²) in [5.41, 5.74) is 4.26. The van der Waals surface area contributed by atoms with E-state index in [9.17, 15) is 23.7 Å². The minimum absolute atomic E-state index is 0.00344. The minimum atomic E-state index is -4.66. The van der Waals surface area contributed by atoms with Crippen molar-refractivity contribution in [2.75, 3.05) is 20.2 Å². The molecule has 10 nitrogen and oxygen atoms in total. The first-order valence-electron chi connectivity index (χ1n) is 14.2. The SMILES string of the molecule is CNCCOc1ccc(-c2cc3c(nc(Cc4cccc(-c5cc6c(ncn6C)c(C#N)n5)c4)n3C)c(C#N)n2)cc1C(F)(F)F. The summed E-state index contributed by atoms with van der Waals surface area (Å²) < 4.78 is 50.9. The summed E-state index contributed by atoms with van der Waals surface area (Å²) in [6.07, 6.45) is -2.63. The summed E-state index contributed by atoms with van der Waals surface area (Å²) in [4.78, 5) is 17.9. The van der Waals surface area contributed by atoms with Gasteiger partial charge in [-0.05, 0) is 49.0 Å². The first-order chi connectivity index (χ1) is 22.1. The lowest BCUT2D eigenvalue weighted by molar-refractivity contribution is -0.138. The van der Waals surface area contributed by atoms with Gasteiger partial charge in [0, 0.05) is 38.2 Å². The highest BCUT2D eigenvalue weighted by Crippen LogP contribution is 2.39. The molecular formula is C33H26F3N9O. The Balaban J connectivity index is 1.36. The minimum Gasteiger partial charge on any atom is -0.492 e. The van der Waals surface area contributed by atoms with E-state index in [0.29, 0.717) is 41.0 Å². The number of fused-ring (bicyclic) bond motifs is 2. The van der Waals surface area contributed by atoms with Crippen LogP contribution >= 0.6 is 0 Å². The molecule has 230 valence electrons. The maximum Gasteiger partial charge on any atom is 0.419 e. The van der Waals surface area contributed by atoms with E-state index in [2.05, 4.69) is 32.4 Å². The van der Waals surface area contributed by atoms with E-state index in [4.69, 9.17) is 9.72 Å². The Bertz CT molecular complexity index is 2200. The molecule has 0 unspecified atom stereocenters. The van der Waals surface area contributed by atoms with Crippen LogP contribution in [-0.4, -0.2) is 49.3 Å². The zero-order chi connectivity index (χ0) is 32.6. The van der Waals surface area contributed by atoms with Gasteiger partial charge in [0.15, 0.2) is 11.4 Å². The van der Waals surface area contributed by atoms with Gasteiger partial charge in [0.25, 0.3) is 0 Å². The third-order valence-corrected chi connectivity index (χ3v) is 7.66. The monoisotopic (exact) mass is 621 g/mol. The van der Waals surface area contributed by atoms with Gasteiger partial charge in [-0.15, -0.1) is 0 Å². The van der Waals surface area contributed by atoms with Gasteiger partial charge >= 0.3 is 6.18 Å².